The molecule has 0 aliphatic heterocycles. The van der Waals surface area contributed by atoms with E-state index in [1.54, 1.807) is 6.07 Å². The van der Waals surface area contributed by atoms with Crippen LogP contribution in [0.3, 0.4) is 0 Å². The quantitative estimate of drug-likeness (QED) is 0.673. The molecule has 1 unspecified atom stereocenters. The molecule has 18 heavy (non-hydrogen) atoms. The second-order valence-corrected chi connectivity index (χ2v) is 5.47. The minimum atomic E-state index is -0.314. The summed E-state index contributed by atoms with van der Waals surface area (Å²) in [6.07, 6.45) is 0.322. The molecule has 0 saturated heterocycles. The van der Waals surface area contributed by atoms with Gasteiger partial charge in [0.25, 0.3) is 0 Å². The second kappa shape index (κ2) is 5.61. The first kappa shape index (κ1) is 14.8. The normalized spacial score (nSPS) is 14.3. The van der Waals surface area contributed by atoms with Crippen LogP contribution in [-0.2, 0) is 14.9 Å². The molecule has 1 rings (SSSR count). The van der Waals surface area contributed by atoms with Crippen LogP contribution in [-0.4, -0.2) is 13.1 Å². The number of nitrogens with two attached hydrogens (primary N) is 1. The van der Waals surface area contributed by atoms with Crippen molar-refractivity contribution < 1.29 is 9.53 Å². The Morgan fingerprint density at radius 1 is 1.50 bits per heavy atom. The Balaban J connectivity index is 3.18. The van der Waals surface area contributed by atoms with Crippen LogP contribution >= 0.6 is 11.6 Å². The van der Waals surface area contributed by atoms with Crippen LogP contribution in [0.15, 0.2) is 18.2 Å². The molecule has 4 heteroatoms. The number of carbonyl (C=O) groups is 1. The third kappa shape index (κ3) is 2.96. The van der Waals surface area contributed by atoms with Gasteiger partial charge >= 0.3 is 5.97 Å². The lowest BCUT2D eigenvalue weighted by atomic mass is 9.71. The van der Waals surface area contributed by atoms with Crippen LogP contribution < -0.4 is 5.73 Å². The van der Waals surface area contributed by atoms with Crippen LogP contribution in [0.25, 0.3) is 0 Å². The minimum Gasteiger partial charge on any atom is -0.469 e. The Morgan fingerprint density at radius 3 is 2.56 bits per heavy atom. The van der Waals surface area contributed by atoms with Gasteiger partial charge in [-0.25, -0.2) is 0 Å². The molecule has 3 nitrogen and oxygen atoms in total. The van der Waals surface area contributed by atoms with Crippen LogP contribution in [0.1, 0.15) is 32.8 Å². The van der Waals surface area contributed by atoms with Gasteiger partial charge in [-0.15, -0.1) is 0 Å². The number of benzene rings is 1. The number of halogens is 1. The highest BCUT2D eigenvalue weighted by Crippen LogP contribution is 2.37. The van der Waals surface area contributed by atoms with E-state index < -0.39 is 0 Å². The first-order valence-corrected chi connectivity index (χ1v) is 6.31. The van der Waals surface area contributed by atoms with Gasteiger partial charge in [0.1, 0.15) is 0 Å². The minimum absolute atomic E-state index is 0.222. The van der Waals surface area contributed by atoms with Crippen molar-refractivity contribution in [3.8, 4) is 0 Å². The zero-order chi connectivity index (χ0) is 13.9. The van der Waals surface area contributed by atoms with Gasteiger partial charge in [-0.2, -0.15) is 0 Å². The molecule has 0 spiro atoms. The van der Waals surface area contributed by atoms with Gasteiger partial charge in [-0.1, -0.05) is 38.4 Å². The van der Waals surface area contributed by atoms with Crippen LogP contribution in [0, 0.1) is 5.92 Å². The molecule has 2 N–H and O–H groups in total. The molecular weight excluding hydrogens is 250 g/mol. The smallest absolute Gasteiger partial charge is 0.306 e. The highest BCUT2D eigenvalue weighted by Gasteiger charge is 2.33. The van der Waals surface area contributed by atoms with Crippen molar-refractivity contribution in [3.63, 3.8) is 0 Å². The fraction of sp³-hybridized carbons (Fsp3) is 0.500. The molecule has 0 aliphatic rings. The average Bonchev–Trinajstić information content (AvgIpc) is 2.31. The van der Waals surface area contributed by atoms with E-state index >= 15 is 0 Å². The van der Waals surface area contributed by atoms with Gasteiger partial charge in [-0.05, 0) is 23.6 Å². The van der Waals surface area contributed by atoms with Crippen molar-refractivity contribution in [1.82, 2.24) is 0 Å². The van der Waals surface area contributed by atoms with Crippen molar-refractivity contribution >= 4 is 23.3 Å². The number of methoxy groups -OCH3 is 1. The number of ether oxygens (including phenoxy) is 1. The summed E-state index contributed by atoms with van der Waals surface area (Å²) >= 11 is 5.93. The number of carbonyl (C=O) groups excluding carboxylic acids is 1. The van der Waals surface area contributed by atoms with Crippen molar-refractivity contribution in [2.75, 3.05) is 12.8 Å². The summed E-state index contributed by atoms with van der Waals surface area (Å²) in [5.74, 6) is 0.0527. The highest BCUT2D eigenvalue weighted by molar-refractivity contribution is 6.33. The standard InChI is InChI=1S/C14H20ClNO2/c1-9(2)14(3,8-13(17)18-4)10-5-6-11(15)12(16)7-10/h5-7,9H,8,16H2,1-4H3. The summed E-state index contributed by atoms with van der Waals surface area (Å²) < 4.78 is 4.78. The lowest BCUT2D eigenvalue weighted by Crippen LogP contribution is -2.32. The zero-order valence-corrected chi connectivity index (χ0v) is 12.0. The molecule has 0 aliphatic carbocycles. The van der Waals surface area contributed by atoms with E-state index in [2.05, 4.69) is 13.8 Å². The van der Waals surface area contributed by atoms with Crippen molar-refractivity contribution in [3.05, 3.63) is 28.8 Å². The third-order valence-corrected chi connectivity index (χ3v) is 4.01. The first-order valence-electron chi connectivity index (χ1n) is 5.93. The topological polar surface area (TPSA) is 52.3 Å². The summed E-state index contributed by atoms with van der Waals surface area (Å²) in [6.45, 7) is 6.19. The Kier molecular flexibility index (Phi) is 4.63. The maximum Gasteiger partial charge on any atom is 0.306 e. The molecular formula is C14H20ClNO2. The Labute approximate surface area is 113 Å². The van der Waals surface area contributed by atoms with Crippen LogP contribution in [0.5, 0.6) is 0 Å². The lowest BCUT2D eigenvalue weighted by Gasteiger charge is -2.33. The number of esters is 1. The monoisotopic (exact) mass is 269 g/mol. The van der Waals surface area contributed by atoms with Crippen LogP contribution in [0.4, 0.5) is 5.69 Å². The van der Waals surface area contributed by atoms with E-state index in [-0.39, 0.29) is 17.3 Å². The molecule has 0 amide bonds. The zero-order valence-electron chi connectivity index (χ0n) is 11.3. The number of anilines is 1. The number of nitrogen functional groups attached to an aromatic ring is 1. The molecule has 100 valence electrons. The fourth-order valence-corrected chi connectivity index (χ4v) is 2.03. The van der Waals surface area contributed by atoms with Crippen molar-refractivity contribution in [1.29, 1.82) is 0 Å². The molecule has 0 aromatic heterocycles. The maximum absolute atomic E-state index is 11.6. The molecule has 1 aromatic rings. The van der Waals surface area contributed by atoms with E-state index in [4.69, 9.17) is 22.1 Å². The van der Waals surface area contributed by atoms with E-state index in [9.17, 15) is 4.79 Å². The maximum atomic E-state index is 11.6. The largest absolute Gasteiger partial charge is 0.469 e. The summed E-state index contributed by atoms with van der Waals surface area (Å²) in [5.41, 5.74) is 7.06. The molecule has 0 heterocycles. The Hall–Kier alpha value is -1.22. The highest BCUT2D eigenvalue weighted by atomic mass is 35.5. The van der Waals surface area contributed by atoms with Crippen molar-refractivity contribution in [2.45, 2.75) is 32.6 Å². The van der Waals surface area contributed by atoms with E-state index in [1.165, 1.54) is 7.11 Å². The number of rotatable bonds is 4. The average molecular weight is 270 g/mol. The van der Waals surface area contributed by atoms with Gasteiger partial charge in [0.2, 0.25) is 0 Å². The molecule has 1 atom stereocenters. The van der Waals surface area contributed by atoms with E-state index in [0.29, 0.717) is 17.1 Å². The molecule has 1 aromatic carbocycles. The van der Waals surface area contributed by atoms with Crippen molar-refractivity contribution in [2.24, 2.45) is 5.92 Å². The van der Waals surface area contributed by atoms with Gasteiger partial charge in [0.05, 0.1) is 24.2 Å². The predicted octanol–water partition coefficient (Wildman–Crippen LogP) is 3.40. The molecule has 0 radical (unpaired) electrons. The summed E-state index contributed by atoms with van der Waals surface area (Å²) in [7, 11) is 1.40. The Morgan fingerprint density at radius 2 is 2.11 bits per heavy atom. The SMILES string of the molecule is COC(=O)CC(C)(c1ccc(Cl)c(N)c1)C(C)C. The van der Waals surface area contributed by atoms with Crippen LogP contribution in [0.2, 0.25) is 5.02 Å². The first-order chi connectivity index (χ1) is 8.31. The summed E-state index contributed by atoms with van der Waals surface area (Å²) in [6, 6.07) is 5.52. The second-order valence-electron chi connectivity index (χ2n) is 5.06. The van der Waals surface area contributed by atoms with Gasteiger partial charge in [0, 0.05) is 5.41 Å². The van der Waals surface area contributed by atoms with Gasteiger partial charge in [-0.3, -0.25) is 4.79 Å². The fourth-order valence-electron chi connectivity index (χ4n) is 1.91. The lowest BCUT2D eigenvalue weighted by molar-refractivity contribution is -0.142. The summed E-state index contributed by atoms with van der Waals surface area (Å²) in [4.78, 5) is 11.6. The van der Waals surface area contributed by atoms with E-state index in [1.807, 2.05) is 19.1 Å². The van der Waals surface area contributed by atoms with Gasteiger partial charge in [0.15, 0.2) is 0 Å². The predicted molar refractivity (Wildman–Crippen MR) is 74.7 cm³/mol. The third-order valence-electron chi connectivity index (χ3n) is 3.67. The Bertz CT molecular complexity index is 445. The van der Waals surface area contributed by atoms with E-state index in [0.717, 1.165) is 5.56 Å². The number of hydrogen-bond acceptors (Lipinski definition) is 3. The molecule has 0 saturated carbocycles. The molecule has 0 bridgehead atoms. The number of hydrogen-bond donors (Lipinski definition) is 1. The molecule has 0 fully saturated rings. The summed E-state index contributed by atoms with van der Waals surface area (Å²) in [5, 5.41) is 0.530. The van der Waals surface area contributed by atoms with Gasteiger partial charge < -0.3 is 10.5 Å².